The standard InChI is InChI=1S/C14H15Br/c1-9(2)14(15)12-7-8-13(14)11-6-4-3-5-10(11)12/h3-6,12-13H,1,7-8H2,2H3. The number of alkyl halides is 1. The highest BCUT2D eigenvalue weighted by molar-refractivity contribution is 9.10. The molecule has 0 aromatic heterocycles. The Morgan fingerprint density at radius 2 is 1.73 bits per heavy atom. The van der Waals surface area contributed by atoms with Crippen molar-refractivity contribution in [2.75, 3.05) is 0 Å². The Kier molecular flexibility index (Phi) is 1.91. The first-order valence-corrected chi connectivity index (χ1v) is 6.38. The molecular formula is C14H15Br. The number of allylic oxidation sites excluding steroid dienone is 1. The Bertz CT molecular complexity index is 402. The molecule has 78 valence electrons. The Balaban J connectivity index is 2.20. The minimum absolute atomic E-state index is 0.149. The Morgan fingerprint density at radius 3 is 2.13 bits per heavy atom. The van der Waals surface area contributed by atoms with Crippen LogP contribution in [0.15, 0.2) is 36.4 Å². The molecule has 3 rings (SSSR count). The molecule has 1 aromatic carbocycles. The summed E-state index contributed by atoms with van der Waals surface area (Å²) in [4.78, 5) is 0. The molecule has 2 bridgehead atoms. The maximum Gasteiger partial charge on any atom is 0.0597 e. The van der Waals surface area contributed by atoms with E-state index in [2.05, 4.69) is 53.7 Å². The summed E-state index contributed by atoms with van der Waals surface area (Å²) in [5.74, 6) is 1.30. The minimum Gasteiger partial charge on any atom is -0.0987 e. The monoisotopic (exact) mass is 262 g/mol. The van der Waals surface area contributed by atoms with Crippen molar-refractivity contribution in [3.63, 3.8) is 0 Å². The molecule has 0 heterocycles. The first-order valence-electron chi connectivity index (χ1n) is 5.59. The van der Waals surface area contributed by atoms with Gasteiger partial charge in [-0.1, -0.05) is 52.3 Å². The maximum atomic E-state index is 4.19. The Hall–Kier alpha value is -0.560. The molecule has 0 nitrogen and oxygen atoms in total. The zero-order valence-electron chi connectivity index (χ0n) is 8.96. The van der Waals surface area contributed by atoms with Crippen molar-refractivity contribution < 1.29 is 0 Å². The van der Waals surface area contributed by atoms with Crippen LogP contribution >= 0.6 is 15.9 Å². The lowest BCUT2D eigenvalue weighted by molar-refractivity contribution is 0.630. The molecule has 0 amide bonds. The van der Waals surface area contributed by atoms with Crippen LogP contribution in [-0.2, 0) is 0 Å². The molecule has 0 aliphatic heterocycles. The van der Waals surface area contributed by atoms with Crippen LogP contribution in [0.3, 0.4) is 0 Å². The predicted octanol–water partition coefficient (Wildman–Crippen LogP) is 4.37. The zero-order valence-corrected chi connectivity index (χ0v) is 10.5. The topological polar surface area (TPSA) is 0 Å². The quantitative estimate of drug-likeness (QED) is 0.521. The molecule has 2 aliphatic rings. The minimum atomic E-state index is 0.149. The zero-order chi connectivity index (χ0) is 10.6. The molecule has 1 saturated carbocycles. The van der Waals surface area contributed by atoms with Gasteiger partial charge in [0.05, 0.1) is 4.32 Å². The molecule has 1 heteroatoms. The van der Waals surface area contributed by atoms with Gasteiger partial charge in [0.1, 0.15) is 0 Å². The largest absolute Gasteiger partial charge is 0.0987 e. The molecular weight excluding hydrogens is 248 g/mol. The smallest absolute Gasteiger partial charge is 0.0597 e. The summed E-state index contributed by atoms with van der Waals surface area (Å²) < 4.78 is 0.149. The van der Waals surface area contributed by atoms with Crippen molar-refractivity contribution in [1.29, 1.82) is 0 Å². The molecule has 1 aromatic rings. The normalized spacial score (nSPS) is 36.7. The van der Waals surface area contributed by atoms with Crippen molar-refractivity contribution in [3.05, 3.63) is 47.5 Å². The second-order valence-corrected chi connectivity index (χ2v) is 6.17. The van der Waals surface area contributed by atoms with Gasteiger partial charge in [-0.25, -0.2) is 0 Å². The van der Waals surface area contributed by atoms with Gasteiger partial charge >= 0.3 is 0 Å². The third kappa shape index (κ3) is 1.02. The Labute approximate surface area is 99.5 Å². The molecule has 2 aliphatic carbocycles. The van der Waals surface area contributed by atoms with Crippen molar-refractivity contribution in [3.8, 4) is 0 Å². The van der Waals surface area contributed by atoms with Crippen LogP contribution in [0, 0.1) is 0 Å². The molecule has 0 N–H and O–H groups in total. The molecule has 2 unspecified atom stereocenters. The van der Waals surface area contributed by atoms with E-state index < -0.39 is 0 Å². The fraction of sp³-hybridized carbons (Fsp3) is 0.429. The fourth-order valence-electron chi connectivity index (χ4n) is 3.50. The van der Waals surface area contributed by atoms with Gasteiger partial charge in [-0.05, 0) is 30.9 Å². The van der Waals surface area contributed by atoms with Crippen LogP contribution in [0.4, 0.5) is 0 Å². The average molecular weight is 263 g/mol. The number of halogens is 1. The molecule has 1 fully saturated rings. The summed E-state index contributed by atoms with van der Waals surface area (Å²) in [7, 11) is 0. The molecule has 0 spiro atoms. The van der Waals surface area contributed by atoms with Gasteiger partial charge < -0.3 is 0 Å². The van der Waals surface area contributed by atoms with Gasteiger partial charge in [0, 0.05) is 11.8 Å². The SMILES string of the molecule is C=C(C)C1(Br)C2CCC1c1ccccc12. The lowest BCUT2D eigenvalue weighted by Crippen LogP contribution is -2.25. The highest BCUT2D eigenvalue weighted by Gasteiger charge is 2.56. The molecule has 2 atom stereocenters. The van der Waals surface area contributed by atoms with Crippen LogP contribution in [0.1, 0.15) is 42.7 Å². The van der Waals surface area contributed by atoms with Crippen molar-refractivity contribution >= 4 is 15.9 Å². The number of fused-ring (bicyclic) bond motifs is 5. The van der Waals surface area contributed by atoms with E-state index in [1.165, 1.54) is 18.4 Å². The summed E-state index contributed by atoms with van der Waals surface area (Å²) in [5, 5.41) is 0. The van der Waals surface area contributed by atoms with Crippen molar-refractivity contribution in [2.45, 2.75) is 35.9 Å². The van der Waals surface area contributed by atoms with Crippen molar-refractivity contribution in [2.24, 2.45) is 0 Å². The van der Waals surface area contributed by atoms with E-state index in [4.69, 9.17) is 0 Å². The van der Waals surface area contributed by atoms with Crippen LogP contribution < -0.4 is 0 Å². The fourth-order valence-corrected chi connectivity index (χ4v) is 4.45. The lowest BCUT2D eigenvalue weighted by Gasteiger charge is -2.28. The second-order valence-electron chi connectivity index (χ2n) is 4.86. The summed E-state index contributed by atoms with van der Waals surface area (Å²) in [6.45, 7) is 6.34. The number of benzene rings is 1. The van der Waals surface area contributed by atoms with Gasteiger partial charge in [-0.3, -0.25) is 0 Å². The van der Waals surface area contributed by atoms with Crippen LogP contribution in [-0.4, -0.2) is 4.32 Å². The third-order valence-corrected chi connectivity index (χ3v) is 5.94. The summed E-state index contributed by atoms with van der Waals surface area (Å²) in [5.41, 5.74) is 4.38. The van der Waals surface area contributed by atoms with Crippen LogP contribution in [0.5, 0.6) is 0 Å². The highest BCUT2D eigenvalue weighted by Crippen LogP contribution is 2.65. The van der Waals surface area contributed by atoms with Gasteiger partial charge in [0.15, 0.2) is 0 Å². The van der Waals surface area contributed by atoms with Gasteiger partial charge in [0.25, 0.3) is 0 Å². The van der Waals surface area contributed by atoms with Gasteiger partial charge in [0.2, 0.25) is 0 Å². The second kappa shape index (κ2) is 2.98. The van der Waals surface area contributed by atoms with E-state index in [1.54, 1.807) is 11.1 Å². The average Bonchev–Trinajstić information content (AvgIpc) is 2.70. The predicted molar refractivity (Wildman–Crippen MR) is 67.6 cm³/mol. The van der Waals surface area contributed by atoms with Gasteiger partial charge in [-0.15, -0.1) is 0 Å². The van der Waals surface area contributed by atoms with E-state index in [-0.39, 0.29) is 4.32 Å². The van der Waals surface area contributed by atoms with Gasteiger partial charge in [-0.2, -0.15) is 0 Å². The Morgan fingerprint density at radius 1 is 1.27 bits per heavy atom. The number of hydrogen-bond donors (Lipinski definition) is 0. The highest BCUT2D eigenvalue weighted by atomic mass is 79.9. The van der Waals surface area contributed by atoms with Crippen LogP contribution in [0.25, 0.3) is 0 Å². The maximum absolute atomic E-state index is 4.19. The number of rotatable bonds is 1. The summed E-state index contributed by atoms with van der Waals surface area (Å²) in [6, 6.07) is 8.90. The van der Waals surface area contributed by atoms with Crippen molar-refractivity contribution in [1.82, 2.24) is 0 Å². The molecule has 15 heavy (non-hydrogen) atoms. The van der Waals surface area contributed by atoms with E-state index in [9.17, 15) is 0 Å². The first kappa shape index (κ1) is 9.65. The first-order chi connectivity index (χ1) is 7.15. The molecule has 0 saturated heterocycles. The van der Waals surface area contributed by atoms with E-state index in [0.29, 0.717) is 11.8 Å². The van der Waals surface area contributed by atoms with E-state index >= 15 is 0 Å². The number of hydrogen-bond acceptors (Lipinski definition) is 0. The van der Waals surface area contributed by atoms with E-state index in [1.807, 2.05) is 0 Å². The lowest BCUT2D eigenvalue weighted by atomic mass is 9.89. The molecule has 0 radical (unpaired) electrons. The third-order valence-electron chi connectivity index (χ3n) is 4.16. The van der Waals surface area contributed by atoms with E-state index in [0.717, 1.165) is 0 Å². The summed E-state index contributed by atoms with van der Waals surface area (Å²) >= 11 is 3.98. The summed E-state index contributed by atoms with van der Waals surface area (Å²) in [6.07, 6.45) is 2.61. The van der Waals surface area contributed by atoms with Crippen LogP contribution in [0.2, 0.25) is 0 Å².